The molecule has 1 aliphatic carbocycles. The number of amides is 1. The number of rotatable bonds is 10. The van der Waals surface area contributed by atoms with E-state index in [1.807, 2.05) is 30.0 Å². The highest BCUT2D eigenvalue weighted by Crippen LogP contribution is 2.46. The fourth-order valence-electron chi connectivity index (χ4n) is 4.03. The molecule has 1 atom stereocenters. The highest BCUT2D eigenvalue weighted by Gasteiger charge is 2.45. The minimum atomic E-state index is -3.00. The molecular weight excluding hydrogens is 400 g/mol. The molecule has 1 aromatic carbocycles. The number of aliphatic imine (C=N–C) groups is 1. The zero-order valence-corrected chi connectivity index (χ0v) is 18.9. The molecule has 166 valence electrons. The maximum atomic E-state index is 12.4. The molecule has 7 nitrogen and oxygen atoms in total. The Morgan fingerprint density at radius 1 is 1.23 bits per heavy atom. The summed E-state index contributed by atoms with van der Waals surface area (Å²) in [6.07, 6.45) is 4.55. The van der Waals surface area contributed by atoms with Crippen LogP contribution in [-0.4, -0.2) is 69.9 Å². The molecule has 30 heavy (non-hydrogen) atoms. The van der Waals surface area contributed by atoms with Crippen LogP contribution in [0.5, 0.6) is 0 Å². The van der Waals surface area contributed by atoms with E-state index in [4.69, 9.17) is 0 Å². The number of nitrogens with zero attached hydrogens (tertiary/aromatic N) is 2. The summed E-state index contributed by atoms with van der Waals surface area (Å²) in [7, 11) is -3.00. The Balaban J connectivity index is 1.47. The molecule has 1 saturated carbocycles. The van der Waals surface area contributed by atoms with Crippen molar-refractivity contribution in [2.24, 2.45) is 16.3 Å². The van der Waals surface area contributed by atoms with Gasteiger partial charge in [0.1, 0.15) is 9.84 Å². The summed E-state index contributed by atoms with van der Waals surface area (Å²) in [6, 6.07) is 10.2. The van der Waals surface area contributed by atoms with Crippen molar-refractivity contribution in [1.29, 1.82) is 0 Å². The molecule has 1 saturated heterocycles. The van der Waals surface area contributed by atoms with Gasteiger partial charge in [-0.2, -0.15) is 0 Å². The first-order valence-corrected chi connectivity index (χ1v) is 12.9. The smallest absolute Gasteiger partial charge is 0.223 e. The average molecular weight is 435 g/mol. The van der Waals surface area contributed by atoms with Gasteiger partial charge >= 0.3 is 0 Å². The fourth-order valence-corrected chi connectivity index (χ4v) is 5.52. The van der Waals surface area contributed by atoms with Crippen LogP contribution in [0, 0.1) is 11.3 Å². The zero-order valence-electron chi connectivity index (χ0n) is 18.1. The van der Waals surface area contributed by atoms with E-state index in [0.29, 0.717) is 25.5 Å². The van der Waals surface area contributed by atoms with E-state index in [1.54, 1.807) is 0 Å². The van der Waals surface area contributed by atoms with Crippen molar-refractivity contribution in [3.8, 4) is 0 Å². The lowest BCUT2D eigenvalue weighted by molar-refractivity contribution is -0.127. The van der Waals surface area contributed by atoms with Crippen molar-refractivity contribution >= 4 is 21.7 Å². The molecule has 2 N–H and O–H groups in total. The predicted octanol–water partition coefficient (Wildman–Crippen LogP) is 1.46. The van der Waals surface area contributed by atoms with E-state index in [9.17, 15) is 13.2 Å². The highest BCUT2D eigenvalue weighted by atomic mass is 32.2. The van der Waals surface area contributed by atoms with Crippen LogP contribution in [0.15, 0.2) is 35.3 Å². The molecule has 3 rings (SSSR count). The Labute approximate surface area is 180 Å². The Bertz CT molecular complexity index is 850. The van der Waals surface area contributed by atoms with Gasteiger partial charge in [-0.1, -0.05) is 30.3 Å². The first kappa shape index (κ1) is 22.6. The number of guanidine groups is 1. The van der Waals surface area contributed by atoms with Crippen LogP contribution in [-0.2, 0) is 21.1 Å². The molecule has 0 aromatic heterocycles. The molecule has 1 amide bonds. The number of hydrogen-bond donors (Lipinski definition) is 2. The van der Waals surface area contributed by atoms with Gasteiger partial charge in [0.05, 0.1) is 5.75 Å². The molecule has 1 heterocycles. The normalized spacial score (nSPS) is 21.0. The monoisotopic (exact) mass is 434 g/mol. The van der Waals surface area contributed by atoms with E-state index in [2.05, 4.69) is 27.8 Å². The summed E-state index contributed by atoms with van der Waals surface area (Å²) in [5.74, 6) is 1.37. The number of carbonyl (C=O) groups is 1. The van der Waals surface area contributed by atoms with Crippen LogP contribution in [0.4, 0.5) is 0 Å². The largest absolute Gasteiger partial charge is 0.357 e. The summed E-state index contributed by atoms with van der Waals surface area (Å²) >= 11 is 0. The molecular formula is C22H34N4O3S. The van der Waals surface area contributed by atoms with Gasteiger partial charge in [-0.05, 0) is 31.7 Å². The third kappa shape index (κ3) is 7.00. The van der Waals surface area contributed by atoms with Crippen LogP contribution >= 0.6 is 0 Å². The summed E-state index contributed by atoms with van der Waals surface area (Å²) in [5.41, 5.74) is 1.06. The van der Waals surface area contributed by atoms with Crippen molar-refractivity contribution in [2.75, 3.05) is 44.7 Å². The first-order valence-electron chi connectivity index (χ1n) is 10.8. The summed E-state index contributed by atoms with van der Waals surface area (Å²) < 4.78 is 23.3. The molecule has 0 spiro atoms. The topological polar surface area (TPSA) is 90.9 Å². The summed E-state index contributed by atoms with van der Waals surface area (Å²) in [4.78, 5) is 19.0. The molecule has 2 fully saturated rings. The van der Waals surface area contributed by atoms with E-state index in [0.717, 1.165) is 38.9 Å². The van der Waals surface area contributed by atoms with Crippen LogP contribution in [0.25, 0.3) is 0 Å². The van der Waals surface area contributed by atoms with Gasteiger partial charge in [0.25, 0.3) is 0 Å². The second kappa shape index (κ2) is 9.81. The third-order valence-electron chi connectivity index (χ3n) is 5.81. The lowest BCUT2D eigenvalue weighted by atomic mass is 10.1. The van der Waals surface area contributed by atoms with Gasteiger partial charge in [-0.15, -0.1) is 0 Å². The van der Waals surface area contributed by atoms with Gasteiger partial charge < -0.3 is 15.5 Å². The maximum Gasteiger partial charge on any atom is 0.223 e. The lowest BCUT2D eigenvalue weighted by Crippen LogP contribution is -2.41. The Kier molecular flexibility index (Phi) is 7.39. The summed E-state index contributed by atoms with van der Waals surface area (Å²) in [6.45, 7) is 5.45. The average Bonchev–Trinajstić information content (AvgIpc) is 3.35. The minimum Gasteiger partial charge on any atom is -0.357 e. The van der Waals surface area contributed by atoms with Crippen molar-refractivity contribution in [3.63, 3.8) is 0 Å². The second-order valence-electron chi connectivity index (χ2n) is 8.79. The van der Waals surface area contributed by atoms with E-state index in [-0.39, 0.29) is 23.0 Å². The SMILES string of the molecule is CCNC(=NCC1(CS(C)(=O)=O)CC1)NCC1CC(=O)N(CCc2ccccc2)C1. The molecule has 1 unspecified atom stereocenters. The van der Waals surface area contributed by atoms with Gasteiger partial charge in [-0.3, -0.25) is 9.79 Å². The number of sulfone groups is 1. The molecule has 8 heteroatoms. The van der Waals surface area contributed by atoms with E-state index in [1.165, 1.54) is 11.8 Å². The number of likely N-dealkylation sites (tertiary alicyclic amines) is 1. The lowest BCUT2D eigenvalue weighted by Gasteiger charge is -2.18. The van der Waals surface area contributed by atoms with Crippen molar-refractivity contribution < 1.29 is 13.2 Å². The maximum absolute atomic E-state index is 12.4. The summed E-state index contributed by atoms with van der Waals surface area (Å²) in [5, 5.41) is 6.58. The van der Waals surface area contributed by atoms with Gasteiger partial charge in [0.15, 0.2) is 5.96 Å². The van der Waals surface area contributed by atoms with E-state index < -0.39 is 9.84 Å². The molecule has 1 aliphatic heterocycles. The van der Waals surface area contributed by atoms with Crippen LogP contribution in [0.1, 0.15) is 31.7 Å². The van der Waals surface area contributed by atoms with Gasteiger partial charge in [-0.25, -0.2) is 8.42 Å². The predicted molar refractivity (Wildman–Crippen MR) is 120 cm³/mol. The van der Waals surface area contributed by atoms with Gasteiger partial charge in [0.2, 0.25) is 5.91 Å². The van der Waals surface area contributed by atoms with Crippen LogP contribution < -0.4 is 10.6 Å². The van der Waals surface area contributed by atoms with E-state index >= 15 is 0 Å². The first-order chi connectivity index (χ1) is 14.3. The van der Waals surface area contributed by atoms with Gasteiger partial charge in [0, 0.05) is 56.7 Å². The molecule has 2 aliphatic rings. The Morgan fingerprint density at radius 2 is 1.97 bits per heavy atom. The molecule has 0 bridgehead atoms. The van der Waals surface area contributed by atoms with Crippen LogP contribution in [0.3, 0.4) is 0 Å². The molecule has 0 radical (unpaired) electrons. The number of nitrogens with one attached hydrogen (secondary N) is 2. The fraction of sp³-hybridized carbons (Fsp3) is 0.636. The molecule has 1 aromatic rings. The van der Waals surface area contributed by atoms with Crippen molar-refractivity contribution in [3.05, 3.63) is 35.9 Å². The second-order valence-corrected chi connectivity index (χ2v) is 10.9. The Hall–Kier alpha value is -2.09. The zero-order chi connectivity index (χ0) is 21.6. The highest BCUT2D eigenvalue weighted by molar-refractivity contribution is 7.90. The van der Waals surface area contributed by atoms with Crippen LogP contribution in [0.2, 0.25) is 0 Å². The quantitative estimate of drug-likeness (QED) is 0.430. The standard InChI is InChI=1S/C22H34N4O3S/c1-3-23-21(25-16-22(10-11-22)17-30(2,28)29)24-14-19-13-20(27)26(15-19)12-9-18-7-5-4-6-8-18/h4-8,19H,3,9-17H2,1-2H3,(H2,23,24,25). The number of carbonyl (C=O) groups excluding carboxylic acids is 1. The Morgan fingerprint density at radius 3 is 2.60 bits per heavy atom. The number of benzene rings is 1. The third-order valence-corrected chi connectivity index (χ3v) is 6.95. The number of hydrogen-bond acceptors (Lipinski definition) is 4. The van der Waals surface area contributed by atoms with Crippen molar-refractivity contribution in [1.82, 2.24) is 15.5 Å². The minimum absolute atomic E-state index is 0.187. The van der Waals surface area contributed by atoms with Crippen molar-refractivity contribution in [2.45, 2.75) is 32.6 Å².